The number of hydrogen-bond donors (Lipinski definition) is 1. The molecule has 1 N–H and O–H groups in total. The highest BCUT2D eigenvalue weighted by Gasteiger charge is 2.34. The van der Waals surface area contributed by atoms with E-state index in [-0.39, 0.29) is 6.04 Å². The number of rotatable bonds is 4. The minimum absolute atomic E-state index is 0.0435. The van der Waals surface area contributed by atoms with Crippen molar-refractivity contribution < 1.29 is 13.2 Å². The second-order valence-corrected chi connectivity index (χ2v) is 4.88. The third-order valence-corrected chi connectivity index (χ3v) is 3.26. The Morgan fingerprint density at radius 3 is 2.95 bits per heavy atom. The summed E-state index contributed by atoms with van der Waals surface area (Å²) in [6.07, 6.45) is -0.755. The van der Waals surface area contributed by atoms with E-state index in [0.29, 0.717) is 19.5 Å². The fourth-order valence-corrected chi connectivity index (χ4v) is 2.33. The molecule has 1 atom stereocenters. The topological polar surface area (TPSA) is 28.2 Å². The Balaban J connectivity index is 1.87. The van der Waals surface area contributed by atoms with Gasteiger partial charge in [-0.2, -0.15) is 13.2 Å². The van der Waals surface area contributed by atoms with Crippen LogP contribution in [0.15, 0.2) is 18.3 Å². The molecule has 106 valence electrons. The molecular formula is C13H18F3N3. The molecule has 1 aromatic rings. The van der Waals surface area contributed by atoms with Crippen LogP contribution in [0.25, 0.3) is 0 Å². The minimum Gasteiger partial charge on any atom is -0.366 e. The molecule has 1 aliphatic heterocycles. The van der Waals surface area contributed by atoms with Crippen molar-refractivity contribution in [2.75, 3.05) is 25.0 Å². The molecule has 0 aromatic carbocycles. The van der Waals surface area contributed by atoms with Crippen LogP contribution in [0, 0.1) is 0 Å². The first-order chi connectivity index (χ1) is 8.96. The first kappa shape index (κ1) is 14.1. The molecule has 1 saturated heterocycles. The Kier molecular flexibility index (Phi) is 4.29. The predicted molar refractivity (Wildman–Crippen MR) is 68.1 cm³/mol. The van der Waals surface area contributed by atoms with E-state index in [9.17, 15) is 13.2 Å². The first-order valence-electron chi connectivity index (χ1n) is 6.47. The maximum atomic E-state index is 12.3. The van der Waals surface area contributed by atoms with Crippen molar-refractivity contribution in [1.29, 1.82) is 0 Å². The Bertz CT molecular complexity index is 420. The highest BCUT2D eigenvalue weighted by molar-refractivity contribution is 5.38. The zero-order valence-corrected chi connectivity index (χ0v) is 10.9. The molecule has 0 amide bonds. The monoisotopic (exact) mass is 273 g/mol. The number of aryl methyl sites for hydroxylation is 1. The van der Waals surface area contributed by atoms with Gasteiger partial charge in [0.05, 0.1) is 6.54 Å². The number of likely N-dealkylation sites (tertiary alicyclic amines) is 1. The van der Waals surface area contributed by atoms with Crippen LogP contribution in [0.3, 0.4) is 0 Å². The van der Waals surface area contributed by atoms with Crippen LogP contribution in [-0.4, -0.2) is 41.7 Å². The lowest BCUT2D eigenvalue weighted by Crippen LogP contribution is -2.34. The molecule has 3 nitrogen and oxygen atoms in total. The van der Waals surface area contributed by atoms with Crippen LogP contribution in [0.5, 0.6) is 0 Å². The molecule has 0 aliphatic carbocycles. The van der Waals surface area contributed by atoms with Crippen molar-refractivity contribution in [3.05, 3.63) is 23.9 Å². The summed E-state index contributed by atoms with van der Waals surface area (Å²) in [5, 5.41) is 3.21. The van der Waals surface area contributed by atoms with Crippen molar-refractivity contribution in [1.82, 2.24) is 9.88 Å². The van der Waals surface area contributed by atoms with Crippen LogP contribution in [-0.2, 0) is 6.42 Å². The summed E-state index contributed by atoms with van der Waals surface area (Å²) in [6, 6.07) is 3.93. The lowest BCUT2D eigenvalue weighted by atomic mass is 10.2. The smallest absolute Gasteiger partial charge is 0.366 e. The Hall–Kier alpha value is -1.30. The third kappa shape index (κ3) is 4.38. The fraction of sp³-hybridized carbons (Fsp3) is 0.615. The SMILES string of the molecule is CCc1ccnc(NC2CCN(CC(F)(F)F)C2)c1. The van der Waals surface area contributed by atoms with E-state index in [1.165, 1.54) is 10.5 Å². The van der Waals surface area contributed by atoms with E-state index in [1.54, 1.807) is 6.20 Å². The Morgan fingerprint density at radius 2 is 2.26 bits per heavy atom. The van der Waals surface area contributed by atoms with Gasteiger partial charge < -0.3 is 5.32 Å². The van der Waals surface area contributed by atoms with Gasteiger partial charge in [0.25, 0.3) is 0 Å². The molecule has 2 heterocycles. The first-order valence-corrected chi connectivity index (χ1v) is 6.47. The number of aromatic nitrogens is 1. The number of halogens is 3. The fourth-order valence-electron chi connectivity index (χ4n) is 2.33. The van der Waals surface area contributed by atoms with Crippen LogP contribution in [0.4, 0.5) is 19.0 Å². The second-order valence-electron chi connectivity index (χ2n) is 4.88. The average Bonchev–Trinajstić information content (AvgIpc) is 2.74. The summed E-state index contributed by atoms with van der Waals surface area (Å²) in [5.41, 5.74) is 1.17. The van der Waals surface area contributed by atoms with Gasteiger partial charge in [0.1, 0.15) is 5.82 Å². The zero-order chi connectivity index (χ0) is 13.9. The molecule has 0 saturated carbocycles. The van der Waals surface area contributed by atoms with Gasteiger partial charge in [-0.1, -0.05) is 6.92 Å². The van der Waals surface area contributed by atoms with E-state index in [4.69, 9.17) is 0 Å². The van der Waals surface area contributed by atoms with Crippen molar-refractivity contribution >= 4 is 5.82 Å². The van der Waals surface area contributed by atoms with Crippen molar-refractivity contribution in [2.24, 2.45) is 0 Å². The van der Waals surface area contributed by atoms with Gasteiger partial charge in [-0.25, -0.2) is 4.98 Å². The standard InChI is InChI=1S/C13H18F3N3/c1-2-10-3-5-17-12(7-10)18-11-4-6-19(8-11)9-13(14,15)16/h3,5,7,11H,2,4,6,8-9H2,1H3,(H,17,18). The Morgan fingerprint density at radius 1 is 1.47 bits per heavy atom. The molecule has 6 heteroatoms. The summed E-state index contributed by atoms with van der Waals surface area (Å²) in [4.78, 5) is 5.63. The summed E-state index contributed by atoms with van der Waals surface area (Å²) < 4.78 is 36.9. The molecule has 1 fully saturated rings. The van der Waals surface area contributed by atoms with Gasteiger partial charge in [-0.05, 0) is 30.5 Å². The molecule has 1 aromatic heterocycles. The van der Waals surface area contributed by atoms with Crippen molar-refractivity contribution in [2.45, 2.75) is 32.0 Å². The van der Waals surface area contributed by atoms with E-state index in [1.807, 2.05) is 12.1 Å². The number of pyridine rings is 1. The second kappa shape index (κ2) is 5.77. The number of nitrogens with one attached hydrogen (secondary N) is 1. The molecule has 0 spiro atoms. The summed E-state index contributed by atoms with van der Waals surface area (Å²) in [7, 11) is 0. The van der Waals surface area contributed by atoms with E-state index in [2.05, 4.69) is 17.2 Å². The zero-order valence-electron chi connectivity index (χ0n) is 10.9. The normalized spacial score (nSPS) is 20.7. The van der Waals surface area contributed by atoms with Gasteiger partial charge in [-0.3, -0.25) is 4.90 Å². The largest absolute Gasteiger partial charge is 0.401 e. The highest BCUT2D eigenvalue weighted by atomic mass is 19.4. The number of nitrogens with zero attached hydrogens (tertiary/aromatic N) is 2. The summed E-state index contributed by atoms with van der Waals surface area (Å²) >= 11 is 0. The predicted octanol–water partition coefficient (Wildman–Crippen LogP) is 2.69. The molecule has 0 bridgehead atoms. The van der Waals surface area contributed by atoms with Crippen LogP contribution in [0.1, 0.15) is 18.9 Å². The van der Waals surface area contributed by atoms with E-state index >= 15 is 0 Å². The lowest BCUT2D eigenvalue weighted by Gasteiger charge is -2.18. The third-order valence-electron chi connectivity index (χ3n) is 3.26. The average molecular weight is 273 g/mol. The quantitative estimate of drug-likeness (QED) is 0.914. The van der Waals surface area contributed by atoms with Gasteiger partial charge in [0.2, 0.25) is 0 Å². The van der Waals surface area contributed by atoms with Crippen molar-refractivity contribution in [3.8, 4) is 0 Å². The van der Waals surface area contributed by atoms with Gasteiger partial charge in [0.15, 0.2) is 0 Å². The van der Waals surface area contributed by atoms with E-state index in [0.717, 1.165) is 12.2 Å². The summed E-state index contributed by atoms with van der Waals surface area (Å²) in [6.45, 7) is 2.12. The maximum Gasteiger partial charge on any atom is 0.401 e. The molecule has 2 rings (SSSR count). The van der Waals surface area contributed by atoms with Gasteiger partial charge in [-0.15, -0.1) is 0 Å². The highest BCUT2D eigenvalue weighted by Crippen LogP contribution is 2.21. The molecule has 1 unspecified atom stereocenters. The van der Waals surface area contributed by atoms with Crippen LogP contribution < -0.4 is 5.32 Å². The Labute approximate surface area is 110 Å². The molecule has 1 aliphatic rings. The minimum atomic E-state index is -4.12. The van der Waals surface area contributed by atoms with E-state index < -0.39 is 12.7 Å². The lowest BCUT2D eigenvalue weighted by molar-refractivity contribution is -0.143. The number of hydrogen-bond acceptors (Lipinski definition) is 3. The van der Waals surface area contributed by atoms with Crippen LogP contribution >= 0.6 is 0 Å². The molecule has 19 heavy (non-hydrogen) atoms. The van der Waals surface area contributed by atoms with Gasteiger partial charge in [0, 0.05) is 25.3 Å². The number of anilines is 1. The number of alkyl halides is 3. The van der Waals surface area contributed by atoms with Crippen molar-refractivity contribution in [3.63, 3.8) is 0 Å². The summed E-state index contributed by atoms with van der Waals surface area (Å²) in [5.74, 6) is 0.748. The molecular weight excluding hydrogens is 255 g/mol. The van der Waals surface area contributed by atoms with Gasteiger partial charge >= 0.3 is 6.18 Å². The molecule has 0 radical (unpaired) electrons. The maximum absolute atomic E-state index is 12.3. The van der Waals surface area contributed by atoms with Crippen LogP contribution in [0.2, 0.25) is 0 Å².